The summed E-state index contributed by atoms with van der Waals surface area (Å²) < 4.78 is 20.8. The van der Waals surface area contributed by atoms with Gasteiger partial charge in [0.15, 0.2) is 0 Å². The number of esters is 2. The van der Waals surface area contributed by atoms with Gasteiger partial charge in [0, 0.05) is 6.42 Å². The van der Waals surface area contributed by atoms with E-state index in [0.29, 0.717) is 30.1 Å². The Morgan fingerprint density at radius 1 is 0.962 bits per heavy atom. The van der Waals surface area contributed by atoms with E-state index in [9.17, 15) is 9.59 Å². The van der Waals surface area contributed by atoms with E-state index in [1.807, 2.05) is 0 Å². The number of ether oxygens (including phenoxy) is 4. The minimum atomic E-state index is -0.446. The minimum Gasteiger partial charge on any atom is -0.497 e. The lowest BCUT2D eigenvalue weighted by Crippen LogP contribution is -2.11. The largest absolute Gasteiger partial charge is 0.497 e. The maximum atomic E-state index is 11.9. The number of benzene rings is 2. The van der Waals surface area contributed by atoms with Crippen LogP contribution in [-0.2, 0) is 9.53 Å². The molecule has 0 heterocycles. The second-order valence-electron chi connectivity index (χ2n) is 5.35. The van der Waals surface area contributed by atoms with Crippen LogP contribution in [0, 0.1) is 0 Å². The molecule has 0 spiro atoms. The lowest BCUT2D eigenvalue weighted by atomic mass is 10.2. The monoisotopic (exact) mass is 358 g/mol. The molecule has 2 rings (SSSR count). The van der Waals surface area contributed by atoms with Gasteiger partial charge in [0.2, 0.25) is 0 Å². The Labute approximate surface area is 152 Å². The van der Waals surface area contributed by atoms with E-state index in [1.165, 1.54) is 6.07 Å². The van der Waals surface area contributed by atoms with Gasteiger partial charge < -0.3 is 18.9 Å². The van der Waals surface area contributed by atoms with Crippen LogP contribution in [0.15, 0.2) is 48.5 Å². The summed E-state index contributed by atoms with van der Waals surface area (Å²) in [5.41, 5.74) is 0.347. The van der Waals surface area contributed by atoms with Crippen molar-refractivity contribution in [1.82, 2.24) is 0 Å². The zero-order valence-corrected chi connectivity index (χ0v) is 14.9. The summed E-state index contributed by atoms with van der Waals surface area (Å²) in [6, 6.07) is 13.6. The fourth-order valence-electron chi connectivity index (χ4n) is 2.16. The normalized spacial score (nSPS) is 10.1. The number of hydrogen-bond donors (Lipinski definition) is 0. The standard InChI is InChI=1S/C20H22O6/c1-3-24-20(22)15-6-4-7-18(14-15)26-19(21)8-5-13-25-17-11-9-16(23-2)10-12-17/h4,6-7,9-12,14H,3,5,8,13H2,1-2H3. The smallest absolute Gasteiger partial charge is 0.338 e. The maximum Gasteiger partial charge on any atom is 0.338 e. The van der Waals surface area contributed by atoms with E-state index in [-0.39, 0.29) is 19.0 Å². The van der Waals surface area contributed by atoms with Crippen LogP contribution in [0.1, 0.15) is 30.1 Å². The van der Waals surface area contributed by atoms with Gasteiger partial charge in [-0.05, 0) is 55.8 Å². The first-order valence-corrected chi connectivity index (χ1v) is 8.37. The second kappa shape index (κ2) is 10.1. The van der Waals surface area contributed by atoms with Crippen LogP contribution in [0.2, 0.25) is 0 Å². The fourth-order valence-corrected chi connectivity index (χ4v) is 2.16. The first-order valence-electron chi connectivity index (χ1n) is 8.37. The highest BCUT2D eigenvalue weighted by Crippen LogP contribution is 2.18. The number of rotatable bonds is 9. The van der Waals surface area contributed by atoms with Crippen LogP contribution in [-0.4, -0.2) is 32.3 Å². The zero-order valence-electron chi connectivity index (χ0n) is 14.9. The Hall–Kier alpha value is -3.02. The van der Waals surface area contributed by atoms with E-state index in [2.05, 4.69) is 0 Å². The second-order valence-corrected chi connectivity index (χ2v) is 5.35. The molecule has 0 bridgehead atoms. The van der Waals surface area contributed by atoms with E-state index < -0.39 is 5.97 Å². The van der Waals surface area contributed by atoms with Crippen LogP contribution in [0.25, 0.3) is 0 Å². The van der Waals surface area contributed by atoms with Crippen molar-refractivity contribution in [3.05, 3.63) is 54.1 Å². The third-order valence-electron chi connectivity index (χ3n) is 3.43. The lowest BCUT2D eigenvalue weighted by molar-refractivity contribution is -0.134. The molecule has 0 fully saturated rings. The summed E-state index contributed by atoms with van der Waals surface area (Å²) in [6.07, 6.45) is 0.724. The van der Waals surface area contributed by atoms with Gasteiger partial charge >= 0.3 is 11.9 Å². The van der Waals surface area contributed by atoms with Gasteiger partial charge in [-0.2, -0.15) is 0 Å². The van der Waals surface area contributed by atoms with Gasteiger partial charge in [0.05, 0.1) is 25.9 Å². The summed E-state index contributed by atoms with van der Waals surface area (Å²) in [6.45, 7) is 2.41. The molecule has 0 aliphatic heterocycles. The highest BCUT2D eigenvalue weighted by atomic mass is 16.5. The molecule has 0 aromatic heterocycles. The molecule has 0 aliphatic carbocycles. The number of carbonyl (C=O) groups is 2. The Morgan fingerprint density at radius 3 is 2.38 bits per heavy atom. The Balaban J connectivity index is 1.74. The molecule has 0 saturated carbocycles. The van der Waals surface area contributed by atoms with E-state index in [0.717, 1.165) is 5.75 Å². The van der Waals surface area contributed by atoms with Crippen molar-refractivity contribution in [2.75, 3.05) is 20.3 Å². The zero-order chi connectivity index (χ0) is 18.8. The summed E-state index contributed by atoms with van der Waals surface area (Å²) in [4.78, 5) is 23.6. The summed E-state index contributed by atoms with van der Waals surface area (Å²) in [5, 5.41) is 0. The van der Waals surface area contributed by atoms with Crippen molar-refractivity contribution in [3.8, 4) is 17.2 Å². The number of carbonyl (C=O) groups excluding carboxylic acids is 2. The Morgan fingerprint density at radius 2 is 1.69 bits per heavy atom. The van der Waals surface area contributed by atoms with Crippen molar-refractivity contribution in [1.29, 1.82) is 0 Å². The molecule has 0 radical (unpaired) electrons. The molecule has 0 amide bonds. The number of methoxy groups -OCH3 is 1. The predicted octanol–water partition coefficient (Wildman–Crippen LogP) is 3.64. The molecule has 26 heavy (non-hydrogen) atoms. The third kappa shape index (κ3) is 6.12. The van der Waals surface area contributed by atoms with E-state index >= 15 is 0 Å². The molecule has 0 atom stereocenters. The molecule has 2 aromatic carbocycles. The van der Waals surface area contributed by atoms with Crippen LogP contribution in [0.5, 0.6) is 17.2 Å². The highest BCUT2D eigenvalue weighted by molar-refractivity contribution is 5.90. The van der Waals surface area contributed by atoms with E-state index in [1.54, 1.807) is 56.5 Å². The third-order valence-corrected chi connectivity index (χ3v) is 3.43. The Bertz CT molecular complexity index is 723. The Kier molecular flexibility index (Phi) is 7.49. The first kappa shape index (κ1) is 19.3. The van der Waals surface area contributed by atoms with Crippen molar-refractivity contribution < 1.29 is 28.5 Å². The molecule has 0 unspecified atom stereocenters. The molecule has 0 saturated heterocycles. The highest BCUT2D eigenvalue weighted by Gasteiger charge is 2.10. The van der Waals surface area contributed by atoms with Gasteiger partial charge in [-0.25, -0.2) is 4.79 Å². The SMILES string of the molecule is CCOC(=O)c1cccc(OC(=O)CCCOc2ccc(OC)cc2)c1. The topological polar surface area (TPSA) is 71.1 Å². The van der Waals surface area contributed by atoms with Crippen molar-refractivity contribution in [2.24, 2.45) is 0 Å². The van der Waals surface area contributed by atoms with Gasteiger partial charge in [-0.1, -0.05) is 6.07 Å². The molecular formula is C20H22O6. The molecule has 138 valence electrons. The summed E-state index contributed by atoms with van der Waals surface area (Å²) in [5.74, 6) is 0.950. The quantitative estimate of drug-likeness (QED) is 0.387. The van der Waals surface area contributed by atoms with E-state index in [4.69, 9.17) is 18.9 Å². The maximum absolute atomic E-state index is 11.9. The van der Waals surface area contributed by atoms with Crippen LogP contribution in [0.3, 0.4) is 0 Å². The van der Waals surface area contributed by atoms with Crippen LogP contribution >= 0.6 is 0 Å². The summed E-state index contributed by atoms with van der Waals surface area (Å²) >= 11 is 0. The molecule has 6 nitrogen and oxygen atoms in total. The van der Waals surface area contributed by atoms with Gasteiger partial charge in [0.25, 0.3) is 0 Å². The molecule has 2 aromatic rings. The van der Waals surface area contributed by atoms with Gasteiger partial charge in [0.1, 0.15) is 17.2 Å². The number of hydrogen-bond acceptors (Lipinski definition) is 6. The molecule has 0 aliphatic rings. The fraction of sp³-hybridized carbons (Fsp3) is 0.300. The van der Waals surface area contributed by atoms with Gasteiger partial charge in [-0.15, -0.1) is 0 Å². The lowest BCUT2D eigenvalue weighted by Gasteiger charge is -2.08. The molecule has 0 N–H and O–H groups in total. The van der Waals surface area contributed by atoms with Crippen molar-refractivity contribution in [2.45, 2.75) is 19.8 Å². The van der Waals surface area contributed by atoms with Crippen molar-refractivity contribution in [3.63, 3.8) is 0 Å². The van der Waals surface area contributed by atoms with Gasteiger partial charge in [-0.3, -0.25) is 4.79 Å². The minimum absolute atomic E-state index is 0.208. The van der Waals surface area contributed by atoms with Crippen LogP contribution in [0.4, 0.5) is 0 Å². The summed E-state index contributed by atoms with van der Waals surface area (Å²) in [7, 11) is 1.60. The average Bonchev–Trinajstić information content (AvgIpc) is 2.66. The van der Waals surface area contributed by atoms with Crippen LogP contribution < -0.4 is 14.2 Å². The molecular weight excluding hydrogens is 336 g/mol. The predicted molar refractivity (Wildman–Crippen MR) is 95.8 cm³/mol. The average molecular weight is 358 g/mol. The van der Waals surface area contributed by atoms with Crippen molar-refractivity contribution >= 4 is 11.9 Å². The molecule has 6 heteroatoms. The first-order chi connectivity index (χ1) is 12.6.